The van der Waals surface area contributed by atoms with Gasteiger partial charge in [0.2, 0.25) is 5.91 Å². The van der Waals surface area contributed by atoms with E-state index in [1.54, 1.807) is 0 Å². The summed E-state index contributed by atoms with van der Waals surface area (Å²) >= 11 is 5.89. The van der Waals surface area contributed by atoms with Crippen LogP contribution in [0.25, 0.3) is 0 Å². The van der Waals surface area contributed by atoms with Crippen molar-refractivity contribution in [1.29, 1.82) is 0 Å². The van der Waals surface area contributed by atoms with E-state index >= 15 is 0 Å². The summed E-state index contributed by atoms with van der Waals surface area (Å²) in [6.07, 6.45) is 3.07. The molecule has 2 atom stereocenters. The van der Waals surface area contributed by atoms with Gasteiger partial charge in [-0.1, -0.05) is 25.1 Å². The number of likely N-dealkylation sites (N-methyl/N-ethyl adjacent to an activating group) is 1. The number of nitrogens with one attached hydrogen (secondary N) is 1. The second-order valence-corrected chi connectivity index (χ2v) is 6.65. The predicted octanol–water partition coefficient (Wildman–Crippen LogP) is 3.97. The van der Waals surface area contributed by atoms with Crippen molar-refractivity contribution in [3.8, 4) is 0 Å². The Morgan fingerprint density at radius 3 is 2.64 bits per heavy atom. The summed E-state index contributed by atoms with van der Waals surface area (Å²) in [5.74, 6) is 1.37. The Balaban J connectivity index is 2.11. The Morgan fingerprint density at radius 1 is 1.36 bits per heavy atom. The molecule has 2 rings (SSSR count). The van der Waals surface area contributed by atoms with Crippen molar-refractivity contribution in [1.82, 2.24) is 4.90 Å². The molecule has 0 aliphatic carbocycles. The van der Waals surface area contributed by atoms with E-state index in [1.165, 1.54) is 0 Å². The Kier molecular flexibility index (Phi) is 6.27. The molecule has 1 fully saturated rings. The average Bonchev–Trinajstić information content (AvgIpc) is 2.51. The number of nitrogens with zero attached hydrogens (tertiary/aromatic N) is 1. The molecule has 3 nitrogen and oxygen atoms in total. The number of rotatable bonds is 5. The zero-order valence-electron chi connectivity index (χ0n) is 13.9. The van der Waals surface area contributed by atoms with Crippen LogP contribution < -0.4 is 5.32 Å². The quantitative estimate of drug-likeness (QED) is 0.832. The fraction of sp³-hybridized carbons (Fsp3) is 0.611. The van der Waals surface area contributed by atoms with Gasteiger partial charge >= 0.3 is 0 Å². The Labute approximate surface area is 139 Å². The van der Waals surface area contributed by atoms with Crippen LogP contribution in [0.3, 0.4) is 0 Å². The highest BCUT2D eigenvalue weighted by atomic mass is 35.5. The fourth-order valence-corrected chi connectivity index (χ4v) is 3.68. The molecule has 122 valence electrons. The smallest absolute Gasteiger partial charge is 0.241 e. The largest absolute Gasteiger partial charge is 0.324 e. The van der Waals surface area contributed by atoms with E-state index in [9.17, 15) is 4.79 Å². The third-order valence-corrected chi connectivity index (χ3v) is 5.00. The van der Waals surface area contributed by atoms with Crippen molar-refractivity contribution in [2.75, 3.05) is 24.3 Å². The molecule has 0 radical (unpaired) electrons. The highest BCUT2D eigenvalue weighted by Crippen LogP contribution is 2.27. The van der Waals surface area contributed by atoms with Crippen LogP contribution in [-0.4, -0.2) is 35.8 Å². The van der Waals surface area contributed by atoms with Crippen LogP contribution >= 0.6 is 11.6 Å². The lowest BCUT2D eigenvalue weighted by atomic mass is 9.88. The molecule has 0 unspecified atom stereocenters. The zero-order valence-corrected chi connectivity index (χ0v) is 14.6. The highest BCUT2D eigenvalue weighted by molar-refractivity contribution is 6.17. The van der Waals surface area contributed by atoms with Gasteiger partial charge in [-0.3, -0.25) is 9.69 Å². The van der Waals surface area contributed by atoms with Crippen LogP contribution in [0, 0.1) is 19.8 Å². The van der Waals surface area contributed by atoms with Crippen molar-refractivity contribution >= 4 is 23.2 Å². The minimum Gasteiger partial charge on any atom is -0.324 e. The van der Waals surface area contributed by atoms with Gasteiger partial charge in [0.25, 0.3) is 0 Å². The van der Waals surface area contributed by atoms with Crippen LogP contribution in [0.5, 0.6) is 0 Å². The number of para-hydroxylation sites is 1. The Morgan fingerprint density at radius 2 is 2.05 bits per heavy atom. The minimum absolute atomic E-state index is 0.0361. The normalized spacial score (nSPS) is 22.5. The molecule has 0 aromatic heterocycles. The van der Waals surface area contributed by atoms with E-state index in [4.69, 9.17) is 11.6 Å². The average molecular weight is 323 g/mol. The number of amides is 1. The van der Waals surface area contributed by atoms with E-state index < -0.39 is 0 Å². The molecule has 22 heavy (non-hydrogen) atoms. The summed E-state index contributed by atoms with van der Waals surface area (Å²) < 4.78 is 0. The maximum atomic E-state index is 12.8. The van der Waals surface area contributed by atoms with Gasteiger partial charge in [0.15, 0.2) is 0 Å². The minimum atomic E-state index is -0.0361. The van der Waals surface area contributed by atoms with Crippen molar-refractivity contribution in [3.63, 3.8) is 0 Å². The lowest BCUT2D eigenvalue weighted by Crippen LogP contribution is -2.49. The molecule has 0 spiro atoms. The maximum Gasteiger partial charge on any atom is 0.241 e. The number of hydrogen-bond acceptors (Lipinski definition) is 2. The van der Waals surface area contributed by atoms with E-state index in [-0.39, 0.29) is 11.9 Å². The lowest BCUT2D eigenvalue weighted by Gasteiger charge is -2.38. The van der Waals surface area contributed by atoms with Gasteiger partial charge in [0.1, 0.15) is 0 Å². The third-order valence-electron chi connectivity index (χ3n) is 4.78. The topological polar surface area (TPSA) is 32.3 Å². The fourth-order valence-electron chi connectivity index (χ4n) is 3.37. The van der Waals surface area contributed by atoms with Gasteiger partial charge < -0.3 is 5.32 Å². The number of carbonyl (C=O) groups is 1. The lowest BCUT2D eigenvalue weighted by molar-refractivity contribution is -0.123. The second kappa shape index (κ2) is 7.98. The molecule has 1 aromatic rings. The Bertz CT molecular complexity index is 498. The molecular weight excluding hydrogens is 296 g/mol. The summed E-state index contributed by atoms with van der Waals surface area (Å²) in [4.78, 5) is 15.1. The maximum absolute atomic E-state index is 12.8. The van der Waals surface area contributed by atoms with Crippen LogP contribution in [0.1, 0.15) is 37.3 Å². The number of likely N-dealkylation sites (tertiary alicyclic amines) is 1. The standard InChI is InChI=1S/C18H27ClN2O/c1-4-21-11-9-15(8-10-19)12-16(21)18(22)20-17-13(2)6-5-7-14(17)3/h5-7,15-16H,4,8-12H2,1-3H3,(H,20,22)/t15-,16+/m1/s1. The summed E-state index contributed by atoms with van der Waals surface area (Å²) in [5, 5.41) is 3.16. The number of aryl methyl sites for hydroxylation is 2. The number of hydrogen-bond donors (Lipinski definition) is 1. The number of carbonyl (C=O) groups excluding carboxylic acids is 1. The van der Waals surface area contributed by atoms with Gasteiger partial charge in [0, 0.05) is 11.6 Å². The monoisotopic (exact) mass is 322 g/mol. The molecule has 0 bridgehead atoms. The molecule has 1 heterocycles. The summed E-state index contributed by atoms with van der Waals surface area (Å²) in [7, 11) is 0. The number of piperidine rings is 1. The first-order valence-corrected chi connectivity index (χ1v) is 8.77. The molecule has 1 saturated heterocycles. The SMILES string of the molecule is CCN1CC[C@@H](CCCl)C[C@H]1C(=O)Nc1c(C)cccc1C. The van der Waals surface area contributed by atoms with Gasteiger partial charge in [-0.05, 0) is 63.2 Å². The van der Waals surface area contributed by atoms with Crippen LogP contribution in [-0.2, 0) is 4.79 Å². The molecule has 1 aliphatic heterocycles. The van der Waals surface area contributed by atoms with Gasteiger partial charge in [-0.2, -0.15) is 0 Å². The Hall–Kier alpha value is -1.06. The van der Waals surface area contributed by atoms with E-state index in [0.717, 1.165) is 49.2 Å². The second-order valence-electron chi connectivity index (χ2n) is 6.27. The van der Waals surface area contributed by atoms with Gasteiger partial charge in [-0.15, -0.1) is 11.6 Å². The van der Waals surface area contributed by atoms with E-state index in [0.29, 0.717) is 11.8 Å². The van der Waals surface area contributed by atoms with Gasteiger partial charge in [0.05, 0.1) is 6.04 Å². The molecule has 1 aliphatic rings. The zero-order chi connectivity index (χ0) is 16.1. The number of benzene rings is 1. The highest BCUT2D eigenvalue weighted by Gasteiger charge is 2.32. The molecule has 1 aromatic carbocycles. The third kappa shape index (κ3) is 4.02. The van der Waals surface area contributed by atoms with Crippen LogP contribution in [0.2, 0.25) is 0 Å². The first kappa shape index (κ1) is 17.3. The molecule has 1 N–H and O–H groups in total. The van der Waals surface area contributed by atoms with Crippen LogP contribution in [0.15, 0.2) is 18.2 Å². The van der Waals surface area contributed by atoms with Crippen LogP contribution in [0.4, 0.5) is 5.69 Å². The molecule has 0 saturated carbocycles. The van der Waals surface area contributed by atoms with Crippen molar-refractivity contribution in [2.45, 2.75) is 46.1 Å². The van der Waals surface area contributed by atoms with Crippen molar-refractivity contribution < 1.29 is 4.79 Å². The van der Waals surface area contributed by atoms with Crippen molar-refractivity contribution in [3.05, 3.63) is 29.3 Å². The molecule has 1 amide bonds. The molecule has 4 heteroatoms. The van der Waals surface area contributed by atoms with Crippen molar-refractivity contribution in [2.24, 2.45) is 5.92 Å². The number of halogens is 1. The summed E-state index contributed by atoms with van der Waals surface area (Å²) in [5.41, 5.74) is 3.19. The van der Waals surface area contributed by atoms with E-state index in [1.807, 2.05) is 32.0 Å². The predicted molar refractivity (Wildman–Crippen MR) is 93.6 cm³/mol. The van der Waals surface area contributed by atoms with Gasteiger partial charge in [-0.25, -0.2) is 0 Å². The number of anilines is 1. The van der Waals surface area contributed by atoms with E-state index in [2.05, 4.69) is 17.1 Å². The summed E-state index contributed by atoms with van der Waals surface area (Å²) in [6, 6.07) is 6.07. The summed E-state index contributed by atoms with van der Waals surface area (Å²) in [6.45, 7) is 8.11. The first-order valence-electron chi connectivity index (χ1n) is 8.23. The first-order chi connectivity index (χ1) is 10.6. The molecular formula is C18H27ClN2O. The number of alkyl halides is 1.